The number of esters is 1. The molecule has 0 aromatic heterocycles. The summed E-state index contributed by atoms with van der Waals surface area (Å²) in [6.45, 7) is 5.43. The van der Waals surface area contributed by atoms with E-state index in [9.17, 15) is 9.59 Å². The van der Waals surface area contributed by atoms with Gasteiger partial charge >= 0.3 is 12.1 Å². The molecule has 1 aliphatic carbocycles. The van der Waals surface area contributed by atoms with Crippen molar-refractivity contribution in [1.82, 2.24) is 5.32 Å². The van der Waals surface area contributed by atoms with Gasteiger partial charge in [-0.1, -0.05) is 37.3 Å². The molecule has 0 aliphatic heterocycles. The van der Waals surface area contributed by atoms with Gasteiger partial charge in [0.2, 0.25) is 0 Å². The van der Waals surface area contributed by atoms with Crippen molar-refractivity contribution in [3.8, 4) is 0 Å². The summed E-state index contributed by atoms with van der Waals surface area (Å²) >= 11 is 5.47. The summed E-state index contributed by atoms with van der Waals surface area (Å²) in [5, 5.41) is 2.83. The second-order valence-electron chi connectivity index (χ2n) is 6.42. The van der Waals surface area contributed by atoms with Crippen molar-refractivity contribution in [1.29, 1.82) is 0 Å². The van der Waals surface area contributed by atoms with E-state index in [1.165, 1.54) is 0 Å². The molecule has 6 heteroatoms. The Labute approximate surface area is 131 Å². The third kappa shape index (κ3) is 7.02. The number of carbonyl (C=O) groups is 2. The van der Waals surface area contributed by atoms with Crippen LogP contribution in [-0.2, 0) is 14.3 Å². The molecule has 0 spiro atoms. The standard InChI is InChI=1S/C15H26ClNO4/c1-15(2,3)21-14(19)17-12-9-7-5-4-6-8-11(12)13(18)20-10-16/h11-12H,4-10H2,1-3H3,(H,17,19). The van der Waals surface area contributed by atoms with Gasteiger partial charge in [0.15, 0.2) is 6.07 Å². The fourth-order valence-electron chi connectivity index (χ4n) is 2.56. The summed E-state index contributed by atoms with van der Waals surface area (Å²) < 4.78 is 10.2. The normalized spacial score (nSPS) is 23.6. The molecule has 0 bridgehead atoms. The molecule has 1 aliphatic rings. The van der Waals surface area contributed by atoms with Gasteiger partial charge in [-0.15, -0.1) is 0 Å². The van der Waals surface area contributed by atoms with Crippen molar-refractivity contribution in [3.63, 3.8) is 0 Å². The van der Waals surface area contributed by atoms with Crippen LogP contribution in [0.4, 0.5) is 4.79 Å². The van der Waals surface area contributed by atoms with Crippen LogP contribution in [-0.4, -0.2) is 29.8 Å². The van der Waals surface area contributed by atoms with Crippen molar-refractivity contribution in [2.45, 2.75) is 70.9 Å². The van der Waals surface area contributed by atoms with Crippen molar-refractivity contribution in [3.05, 3.63) is 0 Å². The Kier molecular flexibility index (Phi) is 7.29. The summed E-state index contributed by atoms with van der Waals surface area (Å²) in [7, 11) is 0. The monoisotopic (exact) mass is 319 g/mol. The maximum atomic E-state index is 12.0. The first-order chi connectivity index (χ1) is 9.83. The van der Waals surface area contributed by atoms with Crippen LogP contribution in [0.3, 0.4) is 0 Å². The molecule has 0 aromatic carbocycles. The minimum absolute atomic E-state index is 0.158. The van der Waals surface area contributed by atoms with Crippen LogP contribution in [0.1, 0.15) is 59.3 Å². The van der Waals surface area contributed by atoms with Gasteiger partial charge in [0.25, 0.3) is 0 Å². The molecule has 0 heterocycles. The third-order valence-electron chi connectivity index (χ3n) is 3.47. The van der Waals surface area contributed by atoms with Crippen molar-refractivity contribution < 1.29 is 19.1 Å². The number of alkyl carbamates (subject to hydrolysis) is 1. The average Bonchev–Trinajstić information content (AvgIpc) is 2.30. The zero-order chi connectivity index (χ0) is 15.9. The number of carbonyl (C=O) groups excluding carboxylic acids is 2. The number of ether oxygens (including phenoxy) is 2. The number of hydrogen-bond donors (Lipinski definition) is 1. The molecule has 2 atom stereocenters. The van der Waals surface area contributed by atoms with Gasteiger partial charge in [-0.2, -0.15) is 0 Å². The number of rotatable bonds is 3. The number of amides is 1. The van der Waals surface area contributed by atoms with E-state index >= 15 is 0 Å². The van der Waals surface area contributed by atoms with E-state index in [4.69, 9.17) is 21.1 Å². The van der Waals surface area contributed by atoms with Gasteiger partial charge in [0, 0.05) is 6.04 Å². The molecule has 5 nitrogen and oxygen atoms in total. The predicted molar refractivity (Wildman–Crippen MR) is 81.2 cm³/mol. The van der Waals surface area contributed by atoms with Gasteiger partial charge in [-0.05, 0) is 33.6 Å². The molecule has 1 rings (SSSR count). The van der Waals surface area contributed by atoms with Gasteiger partial charge in [-0.3, -0.25) is 4.79 Å². The van der Waals surface area contributed by atoms with Gasteiger partial charge < -0.3 is 14.8 Å². The third-order valence-corrected chi connectivity index (χ3v) is 3.58. The molecule has 21 heavy (non-hydrogen) atoms. The highest BCUT2D eigenvalue weighted by atomic mass is 35.5. The Morgan fingerprint density at radius 2 is 1.76 bits per heavy atom. The van der Waals surface area contributed by atoms with Gasteiger partial charge in [-0.25, -0.2) is 4.79 Å². The summed E-state index contributed by atoms with van der Waals surface area (Å²) in [5.41, 5.74) is -0.558. The zero-order valence-electron chi connectivity index (χ0n) is 13.1. The predicted octanol–water partition coefficient (Wildman–Crippen LogP) is 3.59. The second kappa shape index (κ2) is 8.47. The van der Waals surface area contributed by atoms with Crippen molar-refractivity contribution in [2.75, 3.05) is 6.07 Å². The van der Waals surface area contributed by atoms with Crippen molar-refractivity contribution in [2.24, 2.45) is 5.92 Å². The van der Waals surface area contributed by atoms with Gasteiger partial charge in [0.05, 0.1) is 5.92 Å². The number of alkyl halides is 1. The van der Waals surface area contributed by atoms with Crippen LogP contribution in [0.25, 0.3) is 0 Å². The van der Waals surface area contributed by atoms with E-state index in [1.807, 2.05) is 20.8 Å². The van der Waals surface area contributed by atoms with E-state index in [0.717, 1.165) is 32.1 Å². The van der Waals surface area contributed by atoms with E-state index in [1.54, 1.807) is 0 Å². The lowest BCUT2D eigenvalue weighted by atomic mass is 9.87. The fourth-order valence-corrected chi connectivity index (χ4v) is 2.67. The number of halogens is 1. The highest BCUT2D eigenvalue weighted by molar-refractivity contribution is 6.17. The molecule has 0 aromatic rings. The van der Waals surface area contributed by atoms with E-state index in [0.29, 0.717) is 6.42 Å². The summed E-state index contributed by atoms with van der Waals surface area (Å²) in [6.07, 6.45) is 5.11. The Balaban J connectivity index is 2.70. The topological polar surface area (TPSA) is 64.6 Å². The molecule has 1 N–H and O–H groups in total. The summed E-state index contributed by atoms with van der Waals surface area (Å²) in [6, 6.07) is -0.412. The minimum Gasteiger partial charge on any atom is -0.449 e. The Morgan fingerprint density at radius 3 is 2.33 bits per heavy atom. The quantitative estimate of drug-likeness (QED) is 0.637. The highest BCUT2D eigenvalue weighted by Gasteiger charge is 2.32. The van der Waals surface area contributed by atoms with Crippen LogP contribution >= 0.6 is 11.6 Å². The highest BCUT2D eigenvalue weighted by Crippen LogP contribution is 2.24. The fraction of sp³-hybridized carbons (Fsp3) is 0.867. The molecule has 0 saturated heterocycles. The van der Waals surface area contributed by atoms with Crippen LogP contribution < -0.4 is 5.32 Å². The summed E-state index contributed by atoms with van der Waals surface area (Å²) in [4.78, 5) is 24.0. The number of nitrogens with one attached hydrogen (secondary N) is 1. The molecule has 122 valence electrons. The largest absolute Gasteiger partial charge is 0.449 e. The minimum atomic E-state index is -0.558. The SMILES string of the molecule is CC(C)(C)OC(=O)NC1CCCCCCC1C(=O)OCCl. The van der Waals surface area contributed by atoms with Crippen LogP contribution in [0.2, 0.25) is 0 Å². The lowest BCUT2D eigenvalue weighted by Crippen LogP contribution is -2.46. The average molecular weight is 320 g/mol. The molecular formula is C15H26ClNO4. The maximum Gasteiger partial charge on any atom is 0.407 e. The second-order valence-corrected chi connectivity index (χ2v) is 6.64. The molecule has 1 saturated carbocycles. The molecular weight excluding hydrogens is 294 g/mol. The Hall–Kier alpha value is -0.970. The lowest BCUT2D eigenvalue weighted by molar-refractivity contribution is -0.148. The van der Waals surface area contributed by atoms with Crippen LogP contribution in [0.5, 0.6) is 0 Å². The smallest absolute Gasteiger partial charge is 0.407 e. The first-order valence-corrected chi connectivity index (χ1v) is 8.09. The van der Waals surface area contributed by atoms with Crippen LogP contribution in [0, 0.1) is 5.92 Å². The first kappa shape index (κ1) is 18.1. The van der Waals surface area contributed by atoms with E-state index < -0.39 is 11.7 Å². The first-order valence-electron chi connectivity index (χ1n) is 7.55. The molecule has 2 unspecified atom stereocenters. The maximum absolute atomic E-state index is 12.0. The molecule has 1 fully saturated rings. The zero-order valence-corrected chi connectivity index (χ0v) is 13.9. The Morgan fingerprint density at radius 1 is 1.14 bits per heavy atom. The van der Waals surface area contributed by atoms with E-state index in [-0.39, 0.29) is 24.0 Å². The molecule has 0 radical (unpaired) electrons. The molecule has 1 amide bonds. The van der Waals surface area contributed by atoms with Gasteiger partial charge in [0.1, 0.15) is 5.60 Å². The van der Waals surface area contributed by atoms with E-state index in [2.05, 4.69) is 5.32 Å². The summed E-state index contributed by atoms with van der Waals surface area (Å²) in [5.74, 6) is -0.690. The lowest BCUT2D eigenvalue weighted by Gasteiger charge is -2.29. The van der Waals surface area contributed by atoms with Crippen LogP contribution in [0.15, 0.2) is 0 Å². The number of hydrogen-bond acceptors (Lipinski definition) is 4. The Bertz CT molecular complexity index is 354. The van der Waals surface area contributed by atoms with Crippen molar-refractivity contribution >= 4 is 23.7 Å².